The van der Waals surface area contributed by atoms with Gasteiger partial charge in [-0.3, -0.25) is 0 Å². The highest BCUT2D eigenvalue weighted by atomic mass is 32.2. The van der Waals surface area contributed by atoms with E-state index in [2.05, 4.69) is 12.1 Å². The van der Waals surface area contributed by atoms with Crippen LogP contribution < -0.4 is 9.47 Å². The summed E-state index contributed by atoms with van der Waals surface area (Å²) in [6.45, 7) is 0. The molecule has 0 aromatic heterocycles. The maximum Gasteiger partial charge on any atom is 0.119 e. The van der Waals surface area contributed by atoms with Crippen molar-refractivity contribution in [3.05, 3.63) is 48.5 Å². The minimum absolute atomic E-state index is 0.873. The lowest BCUT2D eigenvalue weighted by Gasteiger charge is -2.05. The van der Waals surface area contributed by atoms with Gasteiger partial charge in [-0.1, -0.05) is 23.9 Å². The summed E-state index contributed by atoms with van der Waals surface area (Å²) >= 11 is 1.69. The molecular formula is C14H14O2S. The van der Waals surface area contributed by atoms with Gasteiger partial charge in [-0.15, -0.1) is 0 Å². The molecule has 0 heterocycles. The number of benzene rings is 2. The summed E-state index contributed by atoms with van der Waals surface area (Å²) in [4.78, 5) is 2.30. The predicted molar refractivity (Wildman–Crippen MR) is 70.1 cm³/mol. The molecule has 2 aromatic carbocycles. The highest BCUT2D eigenvalue weighted by Crippen LogP contribution is 2.31. The van der Waals surface area contributed by atoms with Crippen molar-refractivity contribution in [3.63, 3.8) is 0 Å². The lowest BCUT2D eigenvalue weighted by atomic mass is 10.3. The molecule has 0 N–H and O–H groups in total. The first-order chi connectivity index (χ1) is 8.31. The molecule has 0 radical (unpaired) electrons. The van der Waals surface area contributed by atoms with E-state index in [1.165, 1.54) is 0 Å². The van der Waals surface area contributed by atoms with Crippen molar-refractivity contribution >= 4 is 11.8 Å². The van der Waals surface area contributed by atoms with Crippen LogP contribution in [0.3, 0.4) is 0 Å². The van der Waals surface area contributed by atoms with Gasteiger partial charge in [0.05, 0.1) is 14.2 Å². The summed E-state index contributed by atoms with van der Waals surface area (Å²) in [5, 5.41) is 0. The first-order valence-electron chi connectivity index (χ1n) is 5.28. The number of ether oxygens (including phenoxy) is 2. The van der Waals surface area contributed by atoms with Crippen molar-refractivity contribution in [2.24, 2.45) is 0 Å². The van der Waals surface area contributed by atoms with E-state index >= 15 is 0 Å². The van der Waals surface area contributed by atoms with Crippen molar-refractivity contribution in [2.75, 3.05) is 14.2 Å². The molecule has 0 saturated carbocycles. The Hall–Kier alpha value is -1.61. The first-order valence-corrected chi connectivity index (χ1v) is 6.09. The van der Waals surface area contributed by atoms with Crippen molar-refractivity contribution in [2.45, 2.75) is 9.79 Å². The van der Waals surface area contributed by atoms with Gasteiger partial charge < -0.3 is 9.47 Å². The van der Waals surface area contributed by atoms with Gasteiger partial charge in [0.15, 0.2) is 0 Å². The van der Waals surface area contributed by atoms with Crippen LogP contribution >= 0.6 is 11.8 Å². The smallest absolute Gasteiger partial charge is 0.119 e. The second kappa shape index (κ2) is 5.64. The Morgan fingerprint density at radius 3 is 1.65 bits per heavy atom. The van der Waals surface area contributed by atoms with Gasteiger partial charge in [-0.05, 0) is 36.4 Å². The fourth-order valence-electron chi connectivity index (χ4n) is 1.47. The van der Waals surface area contributed by atoms with Crippen LogP contribution in [0.25, 0.3) is 0 Å². The first kappa shape index (κ1) is 11.9. The van der Waals surface area contributed by atoms with E-state index in [-0.39, 0.29) is 0 Å². The SMILES string of the molecule is COc1cccc(Sc2cccc(OC)c2)c1. The van der Waals surface area contributed by atoms with Crippen molar-refractivity contribution in [1.82, 2.24) is 0 Å². The average molecular weight is 246 g/mol. The normalized spacial score (nSPS) is 10.0. The maximum atomic E-state index is 5.20. The third kappa shape index (κ3) is 3.17. The molecular weight excluding hydrogens is 232 g/mol. The summed E-state index contributed by atoms with van der Waals surface area (Å²) in [7, 11) is 3.35. The lowest BCUT2D eigenvalue weighted by molar-refractivity contribution is 0.413. The topological polar surface area (TPSA) is 18.5 Å². The summed E-state index contributed by atoms with van der Waals surface area (Å²) in [6.07, 6.45) is 0. The van der Waals surface area contributed by atoms with Gasteiger partial charge in [0.25, 0.3) is 0 Å². The van der Waals surface area contributed by atoms with Crippen molar-refractivity contribution in [1.29, 1.82) is 0 Å². The highest BCUT2D eigenvalue weighted by molar-refractivity contribution is 7.99. The third-order valence-electron chi connectivity index (χ3n) is 2.32. The van der Waals surface area contributed by atoms with Crippen molar-refractivity contribution < 1.29 is 9.47 Å². The van der Waals surface area contributed by atoms with Crippen LogP contribution in [0.5, 0.6) is 11.5 Å². The molecule has 2 rings (SSSR count). The second-order valence-corrected chi connectivity index (χ2v) is 4.61. The molecule has 0 aliphatic carbocycles. The molecule has 0 bridgehead atoms. The number of hydrogen-bond donors (Lipinski definition) is 0. The van der Waals surface area contributed by atoms with E-state index in [9.17, 15) is 0 Å². The molecule has 3 heteroatoms. The van der Waals surface area contributed by atoms with Gasteiger partial charge in [-0.2, -0.15) is 0 Å². The fourth-order valence-corrected chi connectivity index (χ4v) is 2.38. The Labute approximate surface area is 106 Å². The summed E-state index contributed by atoms with van der Waals surface area (Å²) in [6, 6.07) is 16.0. The number of hydrogen-bond acceptors (Lipinski definition) is 3. The molecule has 0 saturated heterocycles. The van der Waals surface area contributed by atoms with E-state index in [1.807, 2.05) is 36.4 Å². The Kier molecular flexibility index (Phi) is 3.94. The quantitative estimate of drug-likeness (QED) is 0.816. The summed E-state index contributed by atoms with van der Waals surface area (Å²) in [5.74, 6) is 1.75. The van der Waals surface area contributed by atoms with E-state index in [0.29, 0.717) is 0 Å². The predicted octanol–water partition coefficient (Wildman–Crippen LogP) is 3.86. The van der Waals surface area contributed by atoms with E-state index in [1.54, 1.807) is 26.0 Å². The van der Waals surface area contributed by atoms with Gasteiger partial charge >= 0.3 is 0 Å². The zero-order valence-corrected chi connectivity index (χ0v) is 10.7. The second-order valence-electron chi connectivity index (χ2n) is 3.46. The Bertz CT molecular complexity index is 452. The minimum Gasteiger partial charge on any atom is -0.497 e. The van der Waals surface area contributed by atoms with E-state index in [4.69, 9.17) is 9.47 Å². The molecule has 88 valence electrons. The molecule has 0 unspecified atom stereocenters. The van der Waals surface area contributed by atoms with Crippen molar-refractivity contribution in [3.8, 4) is 11.5 Å². The standard InChI is InChI=1S/C14H14O2S/c1-15-11-5-3-7-13(9-11)17-14-8-4-6-12(10-14)16-2/h3-10H,1-2H3. The zero-order chi connectivity index (χ0) is 12.1. The Morgan fingerprint density at radius 2 is 1.24 bits per heavy atom. The van der Waals surface area contributed by atoms with Crippen LogP contribution in [0.1, 0.15) is 0 Å². The molecule has 2 aromatic rings. The van der Waals surface area contributed by atoms with Crippen LogP contribution in [-0.2, 0) is 0 Å². The molecule has 2 nitrogen and oxygen atoms in total. The Morgan fingerprint density at radius 1 is 0.765 bits per heavy atom. The summed E-state index contributed by atoms with van der Waals surface area (Å²) < 4.78 is 10.4. The van der Waals surface area contributed by atoms with Crippen LogP contribution in [0, 0.1) is 0 Å². The Balaban J connectivity index is 2.18. The average Bonchev–Trinajstić information content (AvgIpc) is 2.39. The van der Waals surface area contributed by atoms with Crippen LogP contribution in [0.15, 0.2) is 58.3 Å². The monoisotopic (exact) mass is 246 g/mol. The molecule has 0 aliphatic rings. The van der Waals surface area contributed by atoms with Gasteiger partial charge in [0, 0.05) is 9.79 Å². The van der Waals surface area contributed by atoms with Gasteiger partial charge in [0.1, 0.15) is 11.5 Å². The lowest BCUT2D eigenvalue weighted by Crippen LogP contribution is -1.83. The van der Waals surface area contributed by atoms with E-state index in [0.717, 1.165) is 21.3 Å². The number of methoxy groups -OCH3 is 2. The molecule has 0 amide bonds. The van der Waals surface area contributed by atoms with Crippen LogP contribution in [0.4, 0.5) is 0 Å². The summed E-state index contributed by atoms with van der Waals surface area (Å²) in [5.41, 5.74) is 0. The maximum absolute atomic E-state index is 5.20. The zero-order valence-electron chi connectivity index (χ0n) is 9.84. The highest BCUT2D eigenvalue weighted by Gasteiger charge is 2.00. The largest absolute Gasteiger partial charge is 0.497 e. The number of rotatable bonds is 4. The molecule has 0 aliphatic heterocycles. The van der Waals surface area contributed by atoms with Crippen LogP contribution in [0.2, 0.25) is 0 Å². The van der Waals surface area contributed by atoms with E-state index < -0.39 is 0 Å². The molecule has 0 fully saturated rings. The molecule has 17 heavy (non-hydrogen) atoms. The third-order valence-corrected chi connectivity index (χ3v) is 3.30. The van der Waals surface area contributed by atoms with Gasteiger partial charge in [0.2, 0.25) is 0 Å². The molecule has 0 spiro atoms. The van der Waals surface area contributed by atoms with Gasteiger partial charge in [-0.25, -0.2) is 0 Å². The minimum atomic E-state index is 0.873. The molecule has 0 atom stereocenters. The van der Waals surface area contributed by atoms with Crippen LogP contribution in [-0.4, -0.2) is 14.2 Å². The fraction of sp³-hybridized carbons (Fsp3) is 0.143.